The molecule has 5 rings (SSSR count). The third-order valence-corrected chi connectivity index (χ3v) is 8.06. The molecule has 4 aliphatic rings. The van der Waals surface area contributed by atoms with Gasteiger partial charge in [0.05, 0.1) is 29.8 Å². The Morgan fingerprint density at radius 1 is 1.21 bits per heavy atom. The van der Waals surface area contributed by atoms with Crippen LogP contribution in [0.5, 0.6) is 0 Å². The largest absolute Gasteiger partial charge is 0.444 e. The van der Waals surface area contributed by atoms with Crippen molar-refractivity contribution >= 4 is 17.9 Å². The lowest BCUT2D eigenvalue weighted by molar-refractivity contribution is -0.141. The van der Waals surface area contributed by atoms with Gasteiger partial charge in [-0.2, -0.15) is 10.5 Å². The first kappa shape index (κ1) is 26.0. The van der Waals surface area contributed by atoms with E-state index in [-0.39, 0.29) is 36.5 Å². The average molecular weight is 519 g/mol. The van der Waals surface area contributed by atoms with E-state index in [1.54, 1.807) is 20.8 Å². The maximum atomic E-state index is 13.6. The molecule has 1 aliphatic carbocycles. The van der Waals surface area contributed by atoms with E-state index in [4.69, 9.17) is 4.74 Å². The summed E-state index contributed by atoms with van der Waals surface area (Å²) in [5, 5.41) is 21.5. The Bertz CT molecular complexity index is 1230. The zero-order valence-corrected chi connectivity index (χ0v) is 22.1. The van der Waals surface area contributed by atoms with Crippen LogP contribution in [-0.2, 0) is 20.7 Å². The number of rotatable bonds is 5. The van der Waals surface area contributed by atoms with Crippen LogP contribution < -0.4 is 5.32 Å². The van der Waals surface area contributed by atoms with Crippen LogP contribution in [0.3, 0.4) is 0 Å². The monoisotopic (exact) mass is 518 g/mol. The summed E-state index contributed by atoms with van der Waals surface area (Å²) in [6, 6.07) is 8.32. The number of piperazine rings is 1. The lowest BCUT2D eigenvalue weighted by Crippen LogP contribution is -2.59. The first-order valence-corrected chi connectivity index (χ1v) is 13.4. The molecule has 38 heavy (non-hydrogen) atoms. The summed E-state index contributed by atoms with van der Waals surface area (Å²) >= 11 is 0. The Morgan fingerprint density at radius 3 is 2.68 bits per heavy atom. The second-order valence-electron chi connectivity index (χ2n) is 11.7. The minimum atomic E-state index is -0.920. The predicted octanol–water partition coefficient (Wildman–Crippen LogP) is 2.24. The van der Waals surface area contributed by atoms with Crippen molar-refractivity contribution in [2.24, 2.45) is 0 Å². The highest BCUT2D eigenvalue weighted by atomic mass is 16.6. The Hall–Kier alpha value is -3.63. The molecule has 3 fully saturated rings. The Kier molecular flexibility index (Phi) is 6.79. The second kappa shape index (κ2) is 9.92. The molecule has 1 aromatic rings. The number of carbonyl (C=O) groups excluding carboxylic acids is 3. The van der Waals surface area contributed by atoms with Crippen LogP contribution in [-0.4, -0.2) is 82.0 Å². The number of nitrogens with zero attached hydrogens (tertiary/aromatic N) is 5. The maximum Gasteiger partial charge on any atom is 0.408 e. The van der Waals surface area contributed by atoms with E-state index >= 15 is 0 Å². The fourth-order valence-corrected chi connectivity index (χ4v) is 6.49. The molecule has 3 heterocycles. The molecule has 10 nitrogen and oxygen atoms in total. The highest BCUT2D eigenvalue weighted by Gasteiger charge is 2.53. The predicted molar refractivity (Wildman–Crippen MR) is 136 cm³/mol. The SMILES string of the molecule is CC(C)(C)OC(=O)NC(CN1C[C@@H]2CC1C(=O)N2[C@H]1CCc2cc(C#N)ccc21)C(=O)N1CCCC1C#N. The number of carbonyl (C=O) groups is 3. The number of amides is 3. The molecule has 0 aromatic heterocycles. The molecule has 3 unspecified atom stereocenters. The van der Waals surface area contributed by atoms with Gasteiger partial charge in [-0.25, -0.2) is 4.79 Å². The molecule has 10 heteroatoms. The molecule has 0 spiro atoms. The highest BCUT2D eigenvalue weighted by molar-refractivity contribution is 5.88. The molecular formula is C28H34N6O4. The number of fused-ring (bicyclic) bond motifs is 3. The van der Waals surface area contributed by atoms with Gasteiger partial charge in [0.25, 0.3) is 0 Å². The van der Waals surface area contributed by atoms with Gasteiger partial charge in [0.2, 0.25) is 11.8 Å². The maximum absolute atomic E-state index is 13.6. The van der Waals surface area contributed by atoms with Crippen LogP contribution in [0.4, 0.5) is 4.79 Å². The molecule has 2 bridgehead atoms. The van der Waals surface area contributed by atoms with Gasteiger partial charge in [0.1, 0.15) is 17.7 Å². The smallest absolute Gasteiger partial charge is 0.408 e. The van der Waals surface area contributed by atoms with E-state index < -0.39 is 23.8 Å². The number of aryl methyl sites for hydroxylation is 1. The molecule has 0 radical (unpaired) electrons. The van der Waals surface area contributed by atoms with Crippen molar-refractivity contribution < 1.29 is 19.1 Å². The number of likely N-dealkylation sites (tertiary alicyclic amines) is 3. The normalized spacial score (nSPS) is 27.1. The van der Waals surface area contributed by atoms with Gasteiger partial charge in [-0.05, 0) is 76.1 Å². The number of hydrogen-bond acceptors (Lipinski definition) is 7. The topological polar surface area (TPSA) is 130 Å². The summed E-state index contributed by atoms with van der Waals surface area (Å²) in [5.41, 5.74) is 2.16. The van der Waals surface area contributed by atoms with E-state index in [0.29, 0.717) is 31.5 Å². The van der Waals surface area contributed by atoms with Crippen molar-refractivity contribution in [2.75, 3.05) is 19.6 Å². The van der Waals surface area contributed by atoms with E-state index in [9.17, 15) is 24.9 Å². The van der Waals surface area contributed by atoms with E-state index in [2.05, 4.69) is 17.5 Å². The Morgan fingerprint density at radius 2 is 2.00 bits per heavy atom. The van der Waals surface area contributed by atoms with E-state index in [1.807, 2.05) is 28.0 Å². The van der Waals surface area contributed by atoms with Crippen LogP contribution in [0.2, 0.25) is 0 Å². The second-order valence-corrected chi connectivity index (χ2v) is 11.7. The molecule has 1 N–H and O–H groups in total. The number of ether oxygens (including phenoxy) is 1. The van der Waals surface area contributed by atoms with Crippen molar-refractivity contribution in [1.82, 2.24) is 20.0 Å². The molecule has 3 aliphatic heterocycles. The molecule has 200 valence electrons. The number of nitrogens with one attached hydrogen (secondary N) is 1. The minimum Gasteiger partial charge on any atom is -0.444 e. The first-order chi connectivity index (χ1) is 18.1. The van der Waals surface area contributed by atoms with Gasteiger partial charge < -0.3 is 19.9 Å². The average Bonchev–Trinajstić information content (AvgIpc) is 3.64. The number of nitriles is 2. The molecule has 0 saturated carbocycles. The quantitative estimate of drug-likeness (QED) is 0.633. The van der Waals surface area contributed by atoms with Crippen LogP contribution in [0.1, 0.15) is 69.2 Å². The standard InChI is InChI=1S/C28H34N6O4/c1-28(2,3)38-27(37)31-22(25(35)33-10-4-5-19(33)14-30)16-32-15-20-12-24(32)26(36)34(20)23-9-7-18-11-17(13-29)6-8-21(18)23/h6,8,11,19-20,22-24H,4-5,7,9-10,12,15-16H2,1-3H3,(H,31,37)/t19?,20-,22?,23-,24?/m0/s1. The van der Waals surface area contributed by atoms with Crippen molar-refractivity contribution in [2.45, 2.75) is 88.7 Å². The van der Waals surface area contributed by atoms with Crippen LogP contribution >= 0.6 is 0 Å². The fraction of sp³-hybridized carbons (Fsp3) is 0.607. The molecule has 1 aromatic carbocycles. The minimum absolute atomic E-state index is 0.000645. The van der Waals surface area contributed by atoms with Gasteiger partial charge in [0, 0.05) is 25.7 Å². The zero-order chi connectivity index (χ0) is 27.2. The van der Waals surface area contributed by atoms with Crippen molar-refractivity contribution in [3.05, 3.63) is 34.9 Å². The van der Waals surface area contributed by atoms with Gasteiger partial charge in [-0.1, -0.05) is 6.07 Å². The molecular weight excluding hydrogens is 484 g/mol. The lowest BCUT2D eigenvalue weighted by Gasteiger charge is -2.39. The fourth-order valence-electron chi connectivity index (χ4n) is 6.49. The third-order valence-electron chi connectivity index (χ3n) is 8.06. The van der Waals surface area contributed by atoms with Gasteiger partial charge in [-0.15, -0.1) is 0 Å². The summed E-state index contributed by atoms with van der Waals surface area (Å²) in [6.45, 7) is 6.52. The van der Waals surface area contributed by atoms with Crippen molar-refractivity contribution in [3.63, 3.8) is 0 Å². The summed E-state index contributed by atoms with van der Waals surface area (Å²) < 4.78 is 5.42. The Balaban J connectivity index is 1.31. The van der Waals surface area contributed by atoms with Gasteiger partial charge in [0.15, 0.2) is 0 Å². The van der Waals surface area contributed by atoms with Crippen LogP contribution in [0, 0.1) is 22.7 Å². The summed E-state index contributed by atoms with van der Waals surface area (Å²) in [6.07, 6.45) is 3.02. The molecule has 3 saturated heterocycles. The molecule has 3 amide bonds. The highest BCUT2D eigenvalue weighted by Crippen LogP contribution is 2.44. The van der Waals surface area contributed by atoms with Gasteiger partial charge in [-0.3, -0.25) is 14.5 Å². The van der Waals surface area contributed by atoms with Crippen molar-refractivity contribution in [3.8, 4) is 12.1 Å². The lowest BCUT2D eigenvalue weighted by atomic mass is 10.0. The summed E-state index contributed by atoms with van der Waals surface area (Å²) in [7, 11) is 0. The van der Waals surface area contributed by atoms with Crippen LogP contribution in [0.15, 0.2) is 18.2 Å². The first-order valence-electron chi connectivity index (χ1n) is 13.4. The molecule has 5 atom stereocenters. The van der Waals surface area contributed by atoms with E-state index in [0.717, 1.165) is 30.4 Å². The summed E-state index contributed by atoms with van der Waals surface area (Å²) in [4.78, 5) is 45.3. The number of hydrogen-bond donors (Lipinski definition) is 1. The third kappa shape index (κ3) is 4.81. The van der Waals surface area contributed by atoms with Gasteiger partial charge >= 0.3 is 6.09 Å². The van der Waals surface area contributed by atoms with E-state index in [1.165, 1.54) is 4.90 Å². The Labute approximate surface area is 223 Å². The summed E-state index contributed by atoms with van der Waals surface area (Å²) in [5.74, 6) is -0.270. The number of benzene rings is 1. The van der Waals surface area contributed by atoms with Crippen LogP contribution in [0.25, 0.3) is 0 Å². The van der Waals surface area contributed by atoms with Crippen molar-refractivity contribution in [1.29, 1.82) is 10.5 Å². The number of alkyl carbamates (subject to hydrolysis) is 1. The zero-order valence-electron chi connectivity index (χ0n) is 22.1.